The fourth-order valence-corrected chi connectivity index (χ4v) is 1.31. The number of hydrogen-bond acceptors (Lipinski definition) is 5. The number of aromatic nitrogens is 2. The quantitative estimate of drug-likeness (QED) is 0.679. The Balaban J connectivity index is 2.34. The second-order valence-corrected chi connectivity index (χ2v) is 3.77. The number of nitrogens with one attached hydrogen (secondary N) is 2. The molecule has 0 aliphatic heterocycles. The van der Waals surface area contributed by atoms with Gasteiger partial charge < -0.3 is 20.3 Å². The third kappa shape index (κ3) is 4.81. The molecule has 0 bridgehead atoms. The number of hydrogen-bond donors (Lipinski definition) is 3. The van der Waals surface area contributed by atoms with Gasteiger partial charge in [0.05, 0.1) is 13.0 Å². The molecule has 18 heavy (non-hydrogen) atoms. The molecule has 8 heteroatoms. The van der Waals surface area contributed by atoms with Crippen LogP contribution in [0.5, 0.6) is 0 Å². The Labute approximate surface area is 104 Å². The average Bonchev–Trinajstić information content (AvgIpc) is 2.71. The minimum Gasteiger partial charge on any atom is -0.481 e. The van der Waals surface area contributed by atoms with Gasteiger partial charge in [0, 0.05) is 6.04 Å². The second-order valence-electron chi connectivity index (χ2n) is 3.77. The van der Waals surface area contributed by atoms with Gasteiger partial charge in [-0.3, -0.25) is 4.79 Å². The lowest BCUT2D eigenvalue weighted by Crippen LogP contribution is -2.42. The minimum atomic E-state index is -0.949. The topological polar surface area (TPSA) is 117 Å². The van der Waals surface area contributed by atoms with E-state index in [1.54, 1.807) is 13.8 Å². The molecule has 8 nitrogen and oxygen atoms in total. The van der Waals surface area contributed by atoms with Crippen molar-refractivity contribution in [1.29, 1.82) is 0 Å². The molecule has 1 atom stereocenters. The van der Waals surface area contributed by atoms with Gasteiger partial charge >= 0.3 is 12.0 Å². The monoisotopic (exact) mass is 256 g/mol. The summed E-state index contributed by atoms with van der Waals surface area (Å²) in [7, 11) is 0. The van der Waals surface area contributed by atoms with E-state index in [9.17, 15) is 9.59 Å². The summed E-state index contributed by atoms with van der Waals surface area (Å²) in [5.41, 5.74) is 0. The highest BCUT2D eigenvalue weighted by molar-refractivity contribution is 5.75. The molecular formula is C10H16N4O4. The highest BCUT2D eigenvalue weighted by atomic mass is 16.5. The van der Waals surface area contributed by atoms with E-state index >= 15 is 0 Å². The maximum atomic E-state index is 11.5. The third-order valence-corrected chi connectivity index (χ3v) is 2.22. The molecule has 1 aromatic rings. The van der Waals surface area contributed by atoms with Crippen LogP contribution in [0.3, 0.4) is 0 Å². The number of carbonyl (C=O) groups excluding carboxylic acids is 1. The van der Waals surface area contributed by atoms with Crippen LogP contribution in [0.1, 0.15) is 31.5 Å². The van der Waals surface area contributed by atoms with Crippen molar-refractivity contribution in [2.75, 3.05) is 0 Å². The Morgan fingerprint density at radius 2 is 2.22 bits per heavy atom. The van der Waals surface area contributed by atoms with Crippen LogP contribution in [0.4, 0.5) is 4.79 Å². The first-order valence-electron chi connectivity index (χ1n) is 5.56. The number of urea groups is 1. The molecule has 1 heterocycles. The van der Waals surface area contributed by atoms with Gasteiger partial charge in [-0.05, 0) is 13.3 Å². The molecule has 0 radical (unpaired) electrons. The molecule has 0 aliphatic rings. The van der Waals surface area contributed by atoms with Crippen molar-refractivity contribution < 1.29 is 19.2 Å². The predicted octanol–water partition coefficient (Wildman–Crippen LogP) is 0.431. The molecule has 0 aromatic carbocycles. The van der Waals surface area contributed by atoms with E-state index in [4.69, 9.17) is 9.63 Å². The maximum absolute atomic E-state index is 11.5. The number of rotatable bonds is 6. The first-order valence-corrected chi connectivity index (χ1v) is 5.56. The van der Waals surface area contributed by atoms with Gasteiger partial charge in [0.15, 0.2) is 5.82 Å². The van der Waals surface area contributed by atoms with Crippen molar-refractivity contribution in [2.45, 2.75) is 39.3 Å². The van der Waals surface area contributed by atoms with Gasteiger partial charge in [-0.1, -0.05) is 12.1 Å². The largest absolute Gasteiger partial charge is 0.481 e. The summed E-state index contributed by atoms with van der Waals surface area (Å²) < 4.78 is 4.81. The highest BCUT2D eigenvalue weighted by Gasteiger charge is 2.14. The summed E-state index contributed by atoms with van der Waals surface area (Å²) in [5, 5.41) is 17.3. The second kappa shape index (κ2) is 6.58. The summed E-state index contributed by atoms with van der Waals surface area (Å²) in [6.07, 6.45) is 0.434. The van der Waals surface area contributed by atoms with E-state index in [0.29, 0.717) is 18.1 Å². The molecule has 0 fully saturated rings. The van der Waals surface area contributed by atoms with Gasteiger partial charge in [0.25, 0.3) is 0 Å². The lowest BCUT2D eigenvalue weighted by atomic mass is 10.1. The maximum Gasteiger partial charge on any atom is 0.315 e. The zero-order valence-electron chi connectivity index (χ0n) is 10.3. The summed E-state index contributed by atoms with van der Waals surface area (Å²) in [6.45, 7) is 3.58. The van der Waals surface area contributed by atoms with E-state index in [2.05, 4.69) is 20.8 Å². The lowest BCUT2D eigenvalue weighted by molar-refractivity contribution is -0.137. The fourth-order valence-electron chi connectivity index (χ4n) is 1.31. The Bertz CT molecular complexity index is 418. The van der Waals surface area contributed by atoms with E-state index in [1.807, 2.05) is 0 Å². The molecule has 1 rings (SSSR count). The van der Waals surface area contributed by atoms with Crippen LogP contribution in [-0.2, 0) is 11.3 Å². The molecule has 100 valence electrons. The van der Waals surface area contributed by atoms with Gasteiger partial charge in [0.2, 0.25) is 5.89 Å². The van der Waals surface area contributed by atoms with Crippen LogP contribution in [-0.4, -0.2) is 33.3 Å². The fraction of sp³-hybridized carbons (Fsp3) is 0.600. The summed E-state index contributed by atoms with van der Waals surface area (Å²) in [5.74, 6) is -0.159. The molecule has 0 spiro atoms. The summed E-state index contributed by atoms with van der Waals surface area (Å²) >= 11 is 0. The van der Waals surface area contributed by atoms with Gasteiger partial charge in [0.1, 0.15) is 0 Å². The van der Waals surface area contributed by atoms with Crippen molar-refractivity contribution >= 4 is 12.0 Å². The number of carboxylic acids is 1. The van der Waals surface area contributed by atoms with Crippen LogP contribution < -0.4 is 10.6 Å². The van der Waals surface area contributed by atoms with Crippen molar-refractivity contribution in [3.63, 3.8) is 0 Å². The standard InChI is InChI=1S/C10H16N4O4/c1-3-7(4-9(15)16)13-10(17)11-5-8-12-6(2)14-18-8/h7H,3-5H2,1-2H3,(H,15,16)(H2,11,13,17). The van der Waals surface area contributed by atoms with Crippen LogP contribution >= 0.6 is 0 Å². The Morgan fingerprint density at radius 1 is 1.50 bits per heavy atom. The molecule has 1 aromatic heterocycles. The molecule has 0 saturated carbocycles. The van der Waals surface area contributed by atoms with E-state index in [0.717, 1.165) is 0 Å². The van der Waals surface area contributed by atoms with Gasteiger partial charge in [-0.25, -0.2) is 4.79 Å². The number of aryl methyl sites for hydroxylation is 1. The molecule has 3 N–H and O–H groups in total. The zero-order valence-corrected chi connectivity index (χ0v) is 10.3. The SMILES string of the molecule is CCC(CC(=O)O)NC(=O)NCc1nc(C)no1. The zero-order chi connectivity index (χ0) is 13.5. The number of amides is 2. The first kappa shape index (κ1) is 13.9. The summed E-state index contributed by atoms with van der Waals surface area (Å²) in [4.78, 5) is 25.9. The van der Waals surface area contributed by atoms with Crippen LogP contribution in [0, 0.1) is 6.92 Å². The van der Waals surface area contributed by atoms with Gasteiger partial charge in [-0.15, -0.1) is 0 Å². The number of aliphatic carboxylic acids is 1. The molecule has 2 amide bonds. The van der Waals surface area contributed by atoms with Crippen LogP contribution in [0.15, 0.2) is 4.52 Å². The first-order chi connectivity index (χ1) is 8.51. The Morgan fingerprint density at radius 3 is 2.72 bits per heavy atom. The molecule has 0 saturated heterocycles. The van der Waals surface area contributed by atoms with E-state index < -0.39 is 18.0 Å². The van der Waals surface area contributed by atoms with Crippen LogP contribution in [0.25, 0.3) is 0 Å². The van der Waals surface area contributed by atoms with Crippen molar-refractivity contribution in [1.82, 2.24) is 20.8 Å². The normalized spacial score (nSPS) is 11.9. The van der Waals surface area contributed by atoms with E-state index in [-0.39, 0.29) is 13.0 Å². The third-order valence-electron chi connectivity index (χ3n) is 2.22. The predicted molar refractivity (Wildman–Crippen MR) is 60.7 cm³/mol. The van der Waals surface area contributed by atoms with Crippen molar-refractivity contribution in [3.8, 4) is 0 Å². The number of carboxylic acid groups (broad SMARTS) is 1. The number of nitrogens with zero attached hydrogens (tertiary/aromatic N) is 2. The van der Waals surface area contributed by atoms with E-state index in [1.165, 1.54) is 0 Å². The minimum absolute atomic E-state index is 0.107. The average molecular weight is 256 g/mol. The number of carbonyl (C=O) groups is 2. The molecule has 0 aliphatic carbocycles. The van der Waals surface area contributed by atoms with Crippen molar-refractivity contribution in [3.05, 3.63) is 11.7 Å². The molecular weight excluding hydrogens is 240 g/mol. The lowest BCUT2D eigenvalue weighted by Gasteiger charge is -2.14. The Hall–Kier alpha value is -2.12. The van der Waals surface area contributed by atoms with Crippen LogP contribution in [0.2, 0.25) is 0 Å². The highest BCUT2D eigenvalue weighted by Crippen LogP contribution is 1.98. The van der Waals surface area contributed by atoms with Gasteiger partial charge in [-0.2, -0.15) is 4.98 Å². The Kier molecular flexibility index (Phi) is 5.09. The van der Waals surface area contributed by atoms with Crippen molar-refractivity contribution in [2.24, 2.45) is 0 Å². The summed E-state index contributed by atoms with van der Waals surface area (Å²) in [6, 6.07) is -0.856. The smallest absolute Gasteiger partial charge is 0.315 e. The molecule has 1 unspecified atom stereocenters.